The third kappa shape index (κ3) is 6.23. The maximum Gasteiger partial charge on any atom is 0.337 e. The van der Waals surface area contributed by atoms with E-state index in [0.29, 0.717) is 17.0 Å². The van der Waals surface area contributed by atoms with Crippen LogP contribution in [0.2, 0.25) is 0 Å². The molecule has 172 valence electrons. The summed E-state index contributed by atoms with van der Waals surface area (Å²) in [6, 6.07) is 11.9. The second-order valence-corrected chi connectivity index (χ2v) is 9.43. The monoisotopic (exact) mass is 460 g/mol. The standard InChI is InChI=1S/C23H28N2O6S/c1-16(22(26)24-18-6-4-3-5-7-18)31-20-12-14-21(15-13-20)32(28,29)25-19-10-8-17(9-11-19)23(27)30-2/h8-16,18,25H,3-7H2,1-2H3,(H,24,26)/t16-/m1/s1. The van der Waals surface area contributed by atoms with E-state index in [0.717, 1.165) is 25.7 Å². The Morgan fingerprint density at radius 2 is 1.59 bits per heavy atom. The molecule has 0 bridgehead atoms. The van der Waals surface area contributed by atoms with Gasteiger partial charge in [-0.25, -0.2) is 13.2 Å². The number of esters is 1. The molecule has 0 unspecified atom stereocenters. The first-order valence-electron chi connectivity index (χ1n) is 10.6. The molecule has 1 fully saturated rings. The molecular formula is C23H28N2O6S. The lowest BCUT2D eigenvalue weighted by atomic mass is 9.95. The van der Waals surface area contributed by atoms with Gasteiger partial charge in [0.15, 0.2) is 6.10 Å². The van der Waals surface area contributed by atoms with E-state index in [1.807, 2.05) is 0 Å². The molecule has 0 aromatic heterocycles. The molecule has 0 radical (unpaired) electrons. The number of ether oxygens (including phenoxy) is 2. The third-order valence-corrected chi connectivity index (χ3v) is 6.72. The van der Waals surface area contributed by atoms with Crippen molar-refractivity contribution in [3.8, 4) is 5.75 Å². The molecule has 1 amide bonds. The largest absolute Gasteiger partial charge is 0.481 e. The van der Waals surface area contributed by atoms with E-state index >= 15 is 0 Å². The van der Waals surface area contributed by atoms with Crippen LogP contribution in [0.1, 0.15) is 49.4 Å². The molecule has 1 aliphatic rings. The van der Waals surface area contributed by atoms with Gasteiger partial charge in [0.2, 0.25) is 0 Å². The van der Waals surface area contributed by atoms with Gasteiger partial charge in [-0.3, -0.25) is 9.52 Å². The van der Waals surface area contributed by atoms with E-state index in [9.17, 15) is 18.0 Å². The zero-order valence-electron chi connectivity index (χ0n) is 18.2. The second-order valence-electron chi connectivity index (χ2n) is 7.75. The molecule has 1 atom stereocenters. The van der Waals surface area contributed by atoms with Gasteiger partial charge in [0.25, 0.3) is 15.9 Å². The zero-order valence-corrected chi connectivity index (χ0v) is 19.0. The van der Waals surface area contributed by atoms with Gasteiger partial charge in [-0.05, 0) is 68.3 Å². The Bertz CT molecular complexity index is 1030. The molecule has 8 nitrogen and oxygen atoms in total. The number of methoxy groups -OCH3 is 1. The Kier molecular flexibility index (Phi) is 7.74. The van der Waals surface area contributed by atoms with Gasteiger partial charge >= 0.3 is 5.97 Å². The van der Waals surface area contributed by atoms with Gasteiger partial charge in [0.05, 0.1) is 17.6 Å². The van der Waals surface area contributed by atoms with Crippen LogP contribution >= 0.6 is 0 Å². The van der Waals surface area contributed by atoms with E-state index in [4.69, 9.17) is 4.74 Å². The van der Waals surface area contributed by atoms with Crippen molar-refractivity contribution in [2.75, 3.05) is 11.8 Å². The predicted molar refractivity (Wildman–Crippen MR) is 120 cm³/mol. The van der Waals surface area contributed by atoms with Crippen LogP contribution in [0.15, 0.2) is 53.4 Å². The van der Waals surface area contributed by atoms with E-state index in [-0.39, 0.29) is 16.8 Å². The van der Waals surface area contributed by atoms with Crippen molar-refractivity contribution in [2.45, 2.75) is 56.1 Å². The lowest BCUT2D eigenvalue weighted by molar-refractivity contribution is -0.128. The highest BCUT2D eigenvalue weighted by Crippen LogP contribution is 2.21. The summed E-state index contributed by atoms with van der Waals surface area (Å²) in [6.45, 7) is 1.67. The quantitative estimate of drug-likeness (QED) is 0.584. The number of hydrogen-bond donors (Lipinski definition) is 2. The Labute approximate surface area is 188 Å². The summed E-state index contributed by atoms with van der Waals surface area (Å²) in [4.78, 5) is 23.9. The topological polar surface area (TPSA) is 111 Å². The summed E-state index contributed by atoms with van der Waals surface area (Å²) in [7, 11) is -2.56. The van der Waals surface area contributed by atoms with Crippen molar-refractivity contribution in [1.29, 1.82) is 0 Å². The van der Waals surface area contributed by atoms with Crippen LogP contribution in [0.25, 0.3) is 0 Å². The first kappa shape index (κ1) is 23.6. The number of nitrogens with one attached hydrogen (secondary N) is 2. The van der Waals surface area contributed by atoms with Crippen molar-refractivity contribution in [1.82, 2.24) is 5.32 Å². The molecule has 1 saturated carbocycles. The molecule has 0 aliphatic heterocycles. The van der Waals surface area contributed by atoms with Crippen molar-refractivity contribution >= 4 is 27.6 Å². The molecule has 2 aromatic carbocycles. The van der Waals surface area contributed by atoms with Gasteiger partial charge in [-0.2, -0.15) is 0 Å². The summed E-state index contributed by atoms with van der Waals surface area (Å²) in [5, 5.41) is 3.02. The third-order valence-electron chi connectivity index (χ3n) is 5.33. The minimum atomic E-state index is -3.83. The fraction of sp³-hybridized carbons (Fsp3) is 0.391. The molecule has 9 heteroatoms. The highest BCUT2D eigenvalue weighted by Gasteiger charge is 2.21. The summed E-state index contributed by atoms with van der Waals surface area (Å²) < 4.78 is 38.0. The van der Waals surface area contributed by atoms with Crippen molar-refractivity contribution in [3.05, 3.63) is 54.1 Å². The Morgan fingerprint density at radius 1 is 0.969 bits per heavy atom. The van der Waals surface area contributed by atoms with Crippen molar-refractivity contribution < 1.29 is 27.5 Å². The summed E-state index contributed by atoms with van der Waals surface area (Å²) in [5.41, 5.74) is 0.629. The number of benzene rings is 2. The summed E-state index contributed by atoms with van der Waals surface area (Å²) in [6.07, 6.45) is 4.75. The zero-order chi connectivity index (χ0) is 23.1. The molecule has 0 spiro atoms. The van der Waals surface area contributed by atoms with Crippen LogP contribution in [-0.2, 0) is 19.6 Å². The predicted octanol–water partition coefficient (Wildman–Crippen LogP) is 3.49. The van der Waals surface area contributed by atoms with E-state index in [1.165, 1.54) is 62.1 Å². The highest BCUT2D eigenvalue weighted by atomic mass is 32.2. The van der Waals surface area contributed by atoms with Crippen LogP contribution in [0, 0.1) is 0 Å². The first-order valence-corrected chi connectivity index (χ1v) is 12.0. The van der Waals surface area contributed by atoms with Gasteiger partial charge in [-0.15, -0.1) is 0 Å². The molecule has 2 aromatic rings. The molecule has 0 heterocycles. The van der Waals surface area contributed by atoms with E-state index in [2.05, 4.69) is 14.8 Å². The molecule has 0 saturated heterocycles. The minimum absolute atomic E-state index is 0.0428. The number of hydrogen-bond acceptors (Lipinski definition) is 6. The SMILES string of the molecule is COC(=O)c1ccc(NS(=O)(=O)c2ccc(O[C@H](C)C(=O)NC3CCCCC3)cc2)cc1. The van der Waals surface area contributed by atoms with Crippen molar-refractivity contribution in [3.63, 3.8) is 0 Å². The highest BCUT2D eigenvalue weighted by molar-refractivity contribution is 7.92. The Morgan fingerprint density at radius 3 is 2.19 bits per heavy atom. The molecule has 2 N–H and O–H groups in total. The van der Waals surface area contributed by atoms with Crippen LogP contribution in [0.4, 0.5) is 5.69 Å². The van der Waals surface area contributed by atoms with E-state index < -0.39 is 22.1 Å². The van der Waals surface area contributed by atoms with Gasteiger partial charge in [0, 0.05) is 11.7 Å². The molecule has 32 heavy (non-hydrogen) atoms. The van der Waals surface area contributed by atoms with Crippen LogP contribution < -0.4 is 14.8 Å². The Hall–Kier alpha value is -3.07. The number of carbonyl (C=O) groups excluding carboxylic acids is 2. The average molecular weight is 461 g/mol. The summed E-state index contributed by atoms with van der Waals surface area (Å²) in [5.74, 6) is -0.278. The average Bonchev–Trinajstić information content (AvgIpc) is 2.80. The van der Waals surface area contributed by atoms with Gasteiger partial charge < -0.3 is 14.8 Å². The second kappa shape index (κ2) is 10.5. The number of carbonyl (C=O) groups is 2. The Balaban J connectivity index is 1.58. The smallest absolute Gasteiger partial charge is 0.337 e. The van der Waals surface area contributed by atoms with Crippen LogP contribution in [-0.4, -0.2) is 39.5 Å². The van der Waals surface area contributed by atoms with Crippen molar-refractivity contribution in [2.24, 2.45) is 0 Å². The molecule has 1 aliphatic carbocycles. The number of amides is 1. The normalized spacial score (nSPS) is 15.4. The maximum absolute atomic E-state index is 12.6. The lowest BCUT2D eigenvalue weighted by Crippen LogP contribution is -2.43. The summed E-state index contributed by atoms with van der Waals surface area (Å²) >= 11 is 0. The van der Waals surface area contributed by atoms with Gasteiger partial charge in [0.1, 0.15) is 5.75 Å². The molecule has 3 rings (SSSR count). The van der Waals surface area contributed by atoms with Crippen LogP contribution in [0.3, 0.4) is 0 Å². The first-order chi connectivity index (χ1) is 15.3. The van der Waals surface area contributed by atoms with Gasteiger partial charge in [-0.1, -0.05) is 19.3 Å². The number of rotatable bonds is 8. The maximum atomic E-state index is 12.6. The molecular weight excluding hydrogens is 432 g/mol. The lowest BCUT2D eigenvalue weighted by Gasteiger charge is -2.24. The van der Waals surface area contributed by atoms with E-state index in [1.54, 1.807) is 6.92 Å². The fourth-order valence-electron chi connectivity index (χ4n) is 3.53. The fourth-order valence-corrected chi connectivity index (χ4v) is 4.59. The minimum Gasteiger partial charge on any atom is -0.481 e. The van der Waals surface area contributed by atoms with Crippen LogP contribution in [0.5, 0.6) is 5.75 Å². The number of anilines is 1. The number of sulfonamides is 1.